The van der Waals surface area contributed by atoms with Gasteiger partial charge >= 0.3 is 0 Å². The first-order valence-electron chi connectivity index (χ1n) is 4.85. The molecule has 0 bridgehead atoms. The van der Waals surface area contributed by atoms with Gasteiger partial charge in [-0.2, -0.15) is 0 Å². The highest BCUT2D eigenvalue weighted by molar-refractivity contribution is 14.1. The highest BCUT2D eigenvalue weighted by atomic mass is 127. The lowest BCUT2D eigenvalue weighted by molar-refractivity contribution is -0.0668. The zero-order valence-corrected chi connectivity index (χ0v) is 10.9. The summed E-state index contributed by atoms with van der Waals surface area (Å²) >= 11 is 1.96. The van der Waals surface area contributed by atoms with E-state index < -0.39 is 11.4 Å². The van der Waals surface area contributed by atoms with Gasteiger partial charge in [0, 0.05) is 9.13 Å². The number of rotatable bonds is 1. The summed E-state index contributed by atoms with van der Waals surface area (Å²) in [4.78, 5) is 13.4. The van der Waals surface area contributed by atoms with E-state index in [9.17, 15) is 14.3 Å². The number of carbonyl (C=O) groups is 1. The third-order valence-electron chi connectivity index (χ3n) is 2.46. The van der Waals surface area contributed by atoms with Gasteiger partial charge in [-0.1, -0.05) is 0 Å². The average molecular weight is 335 g/mol. The molecule has 2 rings (SSSR count). The van der Waals surface area contributed by atoms with E-state index in [0.29, 0.717) is 22.2 Å². The molecule has 1 N–H and O–H groups in total. The van der Waals surface area contributed by atoms with E-state index in [-0.39, 0.29) is 5.91 Å². The maximum Gasteiger partial charge on any atom is 0.254 e. The van der Waals surface area contributed by atoms with Gasteiger partial charge in [0.15, 0.2) is 0 Å². The molecule has 0 atom stereocenters. The Bertz CT molecular complexity index is 419. The maximum atomic E-state index is 13.1. The Kier molecular flexibility index (Phi) is 2.91. The largest absolute Gasteiger partial charge is 0.386 e. The minimum atomic E-state index is -0.795. The predicted octanol–water partition coefficient (Wildman–Crippen LogP) is 1.64. The quantitative estimate of drug-likeness (QED) is 0.793. The standard InChI is InChI=1S/C11H11FINO2/c1-11(16)5-14(6-11)10(15)7-2-8(12)4-9(13)3-7/h2-4,16H,5-6H2,1H3. The Morgan fingerprint density at radius 1 is 1.50 bits per heavy atom. The molecule has 1 saturated heterocycles. The molecule has 5 heteroatoms. The molecule has 0 aliphatic carbocycles. The van der Waals surface area contributed by atoms with Crippen LogP contribution in [0, 0.1) is 9.39 Å². The molecule has 16 heavy (non-hydrogen) atoms. The van der Waals surface area contributed by atoms with Crippen LogP contribution in [0.2, 0.25) is 0 Å². The van der Waals surface area contributed by atoms with Crippen LogP contribution in [0.4, 0.5) is 4.39 Å². The van der Waals surface area contributed by atoms with Crippen LogP contribution in [0.15, 0.2) is 18.2 Å². The van der Waals surface area contributed by atoms with E-state index in [1.807, 2.05) is 22.6 Å². The molecule has 86 valence electrons. The topological polar surface area (TPSA) is 40.5 Å². The number of hydrogen-bond acceptors (Lipinski definition) is 2. The molecule has 0 aromatic heterocycles. The summed E-state index contributed by atoms with van der Waals surface area (Å²) in [6.45, 7) is 2.28. The normalized spacial score (nSPS) is 18.1. The van der Waals surface area contributed by atoms with Crippen LogP contribution in [-0.4, -0.2) is 34.6 Å². The average Bonchev–Trinajstić information content (AvgIpc) is 2.11. The van der Waals surface area contributed by atoms with Crippen LogP contribution in [0.1, 0.15) is 17.3 Å². The van der Waals surface area contributed by atoms with Gasteiger partial charge in [0.25, 0.3) is 5.91 Å². The number of nitrogens with zero attached hydrogens (tertiary/aromatic N) is 1. The van der Waals surface area contributed by atoms with Gasteiger partial charge < -0.3 is 10.0 Å². The van der Waals surface area contributed by atoms with E-state index in [4.69, 9.17) is 0 Å². The zero-order valence-electron chi connectivity index (χ0n) is 8.70. The number of β-amino-alcohol motifs (C(OH)–C–C–N with tert-alkyl or cyclic N) is 1. The molecular formula is C11H11FINO2. The number of halogens is 2. The monoisotopic (exact) mass is 335 g/mol. The first kappa shape index (κ1) is 11.8. The first-order chi connectivity index (χ1) is 7.37. The summed E-state index contributed by atoms with van der Waals surface area (Å²) in [5.41, 5.74) is -0.462. The van der Waals surface area contributed by atoms with Crippen molar-refractivity contribution in [3.05, 3.63) is 33.1 Å². The van der Waals surface area contributed by atoms with E-state index in [1.54, 1.807) is 13.0 Å². The van der Waals surface area contributed by atoms with E-state index in [1.165, 1.54) is 17.0 Å². The molecule has 1 heterocycles. The third kappa shape index (κ3) is 2.35. The van der Waals surface area contributed by atoms with E-state index in [0.717, 1.165) is 0 Å². The summed E-state index contributed by atoms with van der Waals surface area (Å²) < 4.78 is 13.8. The SMILES string of the molecule is CC1(O)CN(C(=O)c2cc(F)cc(I)c2)C1. The lowest BCUT2D eigenvalue weighted by Gasteiger charge is -2.44. The predicted molar refractivity (Wildman–Crippen MR) is 65.6 cm³/mol. The van der Waals surface area contributed by atoms with Gasteiger partial charge in [0.1, 0.15) is 5.82 Å². The minimum Gasteiger partial charge on any atom is -0.386 e. The van der Waals surface area contributed by atoms with Gasteiger partial charge in [0.05, 0.1) is 18.7 Å². The Morgan fingerprint density at radius 3 is 2.62 bits per heavy atom. The highest BCUT2D eigenvalue weighted by Crippen LogP contribution is 2.23. The van der Waals surface area contributed by atoms with Gasteiger partial charge in [-0.3, -0.25) is 4.79 Å². The van der Waals surface area contributed by atoms with Crippen LogP contribution in [0.5, 0.6) is 0 Å². The maximum absolute atomic E-state index is 13.1. The second kappa shape index (κ2) is 3.96. The molecule has 0 unspecified atom stereocenters. The van der Waals surface area contributed by atoms with Crippen molar-refractivity contribution in [1.82, 2.24) is 4.90 Å². The van der Waals surface area contributed by atoms with E-state index in [2.05, 4.69) is 0 Å². The van der Waals surface area contributed by atoms with Gasteiger partial charge in [0.2, 0.25) is 0 Å². The first-order valence-corrected chi connectivity index (χ1v) is 5.93. The van der Waals surface area contributed by atoms with Crippen molar-refractivity contribution in [2.75, 3.05) is 13.1 Å². The van der Waals surface area contributed by atoms with Crippen LogP contribution in [-0.2, 0) is 0 Å². The number of benzene rings is 1. The van der Waals surface area contributed by atoms with Gasteiger partial charge in [-0.25, -0.2) is 4.39 Å². The Labute approximate surface area is 106 Å². The summed E-state index contributed by atoms with van der Waals surface area (Å²) in [6.07, 6.45) is 0. The molecular weight excluding hydrogens is 324 g/mol. The van der Waals surface area contributed by atoms with Crippen molar-refractivity contribution in [1.29, 1.82) is 0 Å². The van der Waals surface area contributed by atoms with Gasteiger partial charge in [-0.15, -0.1) is 0 Å². The lowest BCUT2D eigenvalue weighted by Crippen LogP contribution is -2.61. The summed E-state index contributed by atoms with van der Waals surface area (Å²) in [6, 6.07) is 4.22. The van der Waals surface area contributed by atoms with Crippen molar-refractivity contribution in [2.24, 2.45) is 0 Å². The summed E-state index contributed by atoms with van der Waals surface area (Å²) in [7, 11) is 0. The fourth-order valence-electron chi connectivity index (χ4n) is 1.78. The molecule has 1 aliphatic rings. The van der Waals surface area contributed by atoms with Crippen molar-refractivity contribution in [3.8, 4) is 0 Å². The minimum absolute atomic E-state index is 0.232. The number of carbonyl (C=O) groups excluding carboxylic acids is 1. The molecule has 1 aromatic carbocycles. The summed E-state index contributed by atoms with van der Waals surface area (Å²) in [5, 5.41) is 9.52. The second-order valence-corrected chi connectivity index (χ2v) is 5.56. The van der Waals surface area contributed by atoms with Crippen LogP contribution in [0.25, 0.3) is 0 Å². The van der Waals surface area contributed by atoms with Crippen molar-refractivity contribution in [3.63, 3.8) is 0 Å². The molecule has 1 fully saturated rings. The Morgan fingerprint density at radius 2 is 2.12 bits per heavy atom. The molecule has 0 spiro atoms. The summed E-state index contributed by atoms with van der Waals surface area (Å²) in [5.74, 6) is -0.647. The fourth-order valence-corrected chi connectivity index (χ4v) is 2.41. The zero-order chi connectivity index (χ0) is 11.9. The fraction of sp³-hybridized carbons (Fsp3) is 0.364. The number of aliphatic hydroxyl groups is 1. The molecule has 1 aliphatic heterocycles. The number of likely N-dealkylation sites (tertiary alicyclic amines) is 1. The third-order valence-corrected chi connectivity index (χ3v) is 3.08. The molecule has 0 radical (unpaired) electrons. The van der Waals surface area contributed by atoms with Crippen molar-refractivity contribution < 1.29 is 14.3 Å². The van der Waals surface area contributed by atoms with Crippen LogP contribution >= 0.6 is 22.6 Å². The van der Waals surface area contributed by atoms with Crippen molar-refractivity contribution >= 4 is 28.5 Å². The van der Waals surface area contributed by atoms with Gasteiger partial charge in [-0.05, 0) is 47.7 Å². The van der Waals surface area contributed by atoms with Crippen molar-refractivity contribution in [2.45, 2.75) is 12.5 Å². The molecule has 0 saturated carbocycles. The number of amides is 1. The smallest absolute Gasteiger partial charge is 0.254 e. The highest BCUT2D eigenvalue weighted by Gasteiger charge is 2.39. The molecule has 3 nitrogen and oxygen atoms in total. The Balaban J connectivity index is 2.16. The molecule has 1 aromatic rings. The Hall–Kier alpha value is -0.690. The lowest BCUT2D eigenvalue weighted by atomic mass is 9.96. The van der Waals surface area contributed by atoms with E-state index >= 15 is 0 Å². The van der Waals surface area contributed by atoms with Crippen LogP contribution in [0.3, 0.4) is 0 Å². The molecule has 1 amide bonds. The number of hydrogen-bond donors (Lipinski definition) is 1. The van der Waals surface area contributed by atoms with Crippen LogP contribution < -0.4 is 0 Å². The second-order valence-electron chi connectivity index (χ2n) is 4.32.